The fourth-order valence-corrected chi connectivity index (χ4v) is 3.71. The number of aryl methyl sites for hydroxylation is 1. The number of nitrogens with one attached hydrogen (secondary N) is 1. The summed E-state index contributed by atoms with van der Waals surface area (Å²) in [6.45, 7) is 3.84. The number of pyridine rings is 2. The Bertz CT molecular complexity index is 1410. The van der Waals surface area contributed by atoms with Crippen LogP contribution in [0, 0.1) is 12.7 Å². The summed E-state index contributed by atoms with van der Waals surface area (Å²) in [7, 11) is 0. The normalized spacial score (nSPS) is 11.8. The molecule has 0 fully saturated rings. The van der Waals surface area contributed by atoms with Crippen molar-refractivity contribution in [3.8, 4) is 17.0 Å². The molecule has 0 bridgehead atoms. The first-order chi connectivity index (χ1) is 16.9. The van der Waals surface area contributed by atoms with E-state index >= 15 is 0 Å². The third-order valence-electron chi connectivity index (χ3n) is 5.29. The summed E-state index contributed by atoms with van der Waals surface area (Å²) in [5, 5.41) is 13.0. The molecule has 8 nitrogen and oxygen atoms in total. The topological polar surface area (TPSA) is 102 Å². The standard InChI is InChI=1S/C25H23ClFN5O3/c1-3-35-23-13-29-15(2)10-21(23)31-25-28-8-6-20(30-25)16-7-9-32(24(34)12-16)22(14-33)17-4-5-18(26)19(27)11-17/h4-13,22,33H,3,14H2,1-2H3,(H,28,29,30,31). The molecule has 3 heterocycles. The van der Waals surface area contributed by atoms with Gasteiger partial charge in [-0.15, -0.1) is 0 Å². The molecular formula is C25H23ClFN5O3. The van der Waals surface area contributed by atoms with E-state index in [1.165, 1.54) is 22.8 Å². The van der Waals surface area contributed by atoms with Crippen molar-refractivity contribution in [1.82, 2.24) is 19.5 Å². The number of benzene rings is 1. The van der Waals surface area contributed by atoms with Crippen LogP contribution in [0.5, 0.6) is 5.75 Å². The second-order valence-corrected chi connectivity index (χ2v) is 8.09. The van der Waals surface area contributed by atoms with E-state index in [1.807, 2.05) is 19.9 Å². The number of ether oxygens (including phenoxy) is 1. The van der Waals surface area contributed by atoms with Crippen LogP contribution in [0.15, 0.2) is 65.8 Å². The Hall–Kier alpha value is -3.82. The molecule has 0 aliphatic carbocycles. The largest absolute Gasteiger partial charge is 0.490 e. The Balaban J connectivity index is 1.63. The second-order valence-electron chi connectivity index (χ2n) is 7.68. The van der Waals surface area contributed by atoms with Gasteiger partial charge in [0.25, 0.3) is 5.56 Å². The van der Waals surface area contributed by atoms with Crippen LogP contribution < -0.4 is 15.6 Å². The van der Waals surface area contributed by atoms with Gasteiger partial charge in [-0.1, -0.05) is 17.7 Å². The number of hydrogen-bond donors (Lipinski definition) is 2. The van der Waals surface area contributed by atoms with E-state index in [4.69, 9.17) is 16.3 Å². The van der Waals surface area contributed by atoms with Gasteiger partial charge in [-0.3, -0.25) is 9.78 Å². The average molecular weight is 496 g/mol. The molecule has 0 aliphatic rings. The first kappa shape index (κ1) is 24.3. The zero-order chi connectivity index (χ0) is 24.9. The van der Waals surface area contributed by atoms with Gasteiger partial charge in [-0.2, -0.15) is 0 Å². The summed E-state index contributed by atoms with van der Waals surface area (Å²) in [6, 6.07) is 10.0. The fourth-order valence-electron chi connectivity index (χ4n) is 3.60. The molecule has 1 aromatic carbocycles. The quantitative estimate of drug-likeness (QED) is 0.370. The van der Waals surface area contributed by atoms with E-state index in [0.717, 1.165) is 5.69 Å². The van der Waals surface area contributed by atoms with E-state index in [2.05, 4.69) is 20.3 Å². The minimum atomic E-state index is -0.766. The number of rotatable bonds is 8. The van der Waals surface area contributed by atoms with Crippen molar-refractivity contribution in [3.05, 3.63) is 93.5 Å². The van der Waals surface area contributed by atoms with Crippen LogP contribution in [-0.4, -0.2) is 37.8 Å². The van der Waals surface area contributed by atoms with Gasteiger partial charge in [-0.05, 0) is 49.7 Å². The fraction of sp³-hybridized carbons (Fsp3) is 0.200. The number of hydrogen-bond acceptors (Lipinski definition) is 7. The molecule has 4 rings (SSSR count). The van der Waals surface area contributed by atoms with Gasteiger partial charge in [0.1, 0.15) is 5.82 Å². The molecule has 0 amide bonds. The summed E-state index contributed by atoms with van der Waals surface area (Å²) < 4.78 is 20.9. The molecule has 10 heteroatoms. The lowest BCUT2D eigenvalue weighted by molar-refractivity contribution is 0.247. The highest BCUT2D eigenvalue weighted by Gasteiger charge is 2.17. The van der Waals surface area contributed by atoms with Crippen molar-refractivity contribution >= 4 is 23.2 Å². The lowest BCUT2D eigenvalue weighted by Crippen LogP contribution is -2.27. The van der Waals surface area contributed by atoms with Crippen LogP contribution in [0.25, 0.3) is 11.3 Å². The number of aliphatic hydroxyl groups is 1. The predicted molar refractivity (Wildman–Crippen MR) is 132 cm³/mol. The van der Waals surface area contributed by atoms with Gasteiger partial charge >= 0.3 is 0 Å². The van der Waals surface area contributed by atoms with Gasteiger partial charge in [-0.25, -0.2) is 14.4 Å². The minimum absolute atomic E-state index is 0.0309. The van der Waals surface area contributed by atoms with Gasteiger partial charge < -0.3 is 19.7 Å². The highest BCUT2D eigenvalue weighted by molar-refractivity contribution is 6.30. The molecular weight excluding hydrogens is 473 g/mol. The maximum Gasteiger partial charge on any atom is 0.251 e. The van der Waals surface area contributed by atoms with E-state index in [9.17, 15) is 14.3 Å². The van der Waals surface area contributed by atoms with Crippen molar-refractivity contribution in [3.63, 3.8) is 0 Å². The summed E-state index contributed by atoms with van der Waals surface area (Å²) >= 11 is 5.76. The van der Waals surface area contributed by atoms with Crippen molar-refractivity contribution in [2.75, 3.05) is 18.5 Å². The highest BCUT2D eigenvalue weighted by atomic mass is 35.5. The molecule has 0 spiro atoms. The zero-order valence-electron chi connectivity index (χ0n) is 19.1. The third-order valence-corrected chi connectivity index (χ3v) is 5.59. The Morgan fingerprint density at radius 2 is 2.03 bits per heavy atom. The van der Waals surface area contributed by atoms with Crippen molar-refractivity contribution < 1.29 is 14.2 Å². The molecule has 1 atom stereocenters. The van der Waals surface area contributed by atoms with Crippen LogP contribution in [0.3, 0.4) is 0 Å². The Kier molecular flexibility index (Phi) is 7.38. The first-order valence-electron chi connectivity index (χ1n) is 10.9. The lowest BCUT2D eigenvalue weighted by Gasteiger charge is -2.18. The van der Waals surface area contributed by atoms with Gasteiger partial charge in [0, 0.05) is 29.7 Å². The van der Waals surface area contributed by atoms with Crippen molar-refractivity contribution in [2.45, 2.75) is 19.9 Å². The summed E-state index contributed by atoms with van der Waals surface area (Å²) in [4.78, 5) is 26.0. The smallest absolute Gasteiger partial charge is 0.251 e. The lowest BCUT2D eigenvalue weighted by atomic mass is 10.1. The molecule has 0 saturated carbocycles. The van der Waals surface area contributed by atoms with Crippen molar-refractivity contribution in [1.29, 1.82) is 0 Å². The van der Waals surface area contributed by atoms with E-state index in [1.54, 1.807) is 36.8 Å². The Morgan fingerprint density at radius 1 is 1.20 bits per heavy atom. The van der Waals surface area contributed by atoms with Gasteiger partial charge in [0.15, 0.2) is 5.75 Å². The third kappa shape index (κ3) is 5.47. The molecule has 0 aliphatic heterocycles. The molecule has 3 aromatic heterocycles. The number of aromatic nitrogens is 4. The minimum Gasteiger partial charge on any atom is -0.490 e. The van der Waals surface area contributed by atoms with Crippen LogP contribution in [-0.2, 0) is 0 Å². The maximum absolute atomic E-state index is 13.9. The van der Waals surface area contributed by atoms with Crippen molar-refractivity contribution in [2.24, 2.45) is 0 Å². The van der Waals surface area contributed by atoms with E-state index < -0.39 is 18.5 Å². The Morgan fingerprint density at radius 3 is 2.74 bits per heavy atom. The summed E-state index contributed by atoms with van der Waals surface area (Å²) in [5.74, 6) is 0.275. The predicted octanol–water partition coefficient (Wildman–Crippen LogP) is 4.53. The number of anilines is 2. The first-order valence-corrected chi connectivity index (χ1v) is 11.2. The van der Waals surface area contributed by atoms with Gasteiger partial charge in [0.2, 0.25) is 5.95 Å². The van der Waals surface area contributed by atoms with Crippen LogP contribution in [0.1, 0.15) is 24.2 Å². The van der Waals surface area contributed by atoms with Crippen LogP contribution in [0.4, 0.5) is 16.0 Å². The summed E-state index contributed by atoms with van der Waals surface area (Å²) in [6.07, 6.45) is 4.76. The molecule has 180 valence electrons. The monoisotopic (exact) mass is 495 g/mol. The Labute approximate surface area is 206 Å². The molecule has 4 aromatic rings. The molecule has 1 unspecified atom stereocenters. The molecule has 0 radical (unpaired) electrons. The zero-order valence-corrected chi connectivity index (χ0v) is 19.8. The highest BCUT2D eigenvalue weighted by Crippen LogP contribution is 2.27. The molecule has 35 heavy (non-hydrogen) atoms. The number of aliphatic hydroxyl groups excluding tert-OH is 1. The van der Waals surface area contributed by atoms with Gasteiger partial charge in [0.05, 0.1) is 41.9 Å². The molecule has 0 saturated heterocycles. The maximum atomic E-state index is 13.9. The summed E-state index contributed by atoms with van der Waals surface area (Å²) in [5.41, 5.74) is 2.60. The second kappa shape index (κ2) is 10.6. The van der Waals surface area contributed by atoms with E-state index in [-0.39, 0.29) is 10.6 Å². The number of nitrogens with zero attached hydrogens (tertiary/aromatic N) is 4. The number of halogens is 2. The SMILES string of the molecule is CCOc1cnc(C)cc1Nc1nccc(-c2ccn(C(CO)c3ccc(Cl)c(F)c3)c(=O)c2)n1. The van der Waals surface area contributed by atoms with Crippen LogP contribution >= 0.6 is 11.6 Å². The molecule has 2 N–H and O–H groups in total. The average Bonchev–Trinajstić information content (AvgIpc) is 2.84. The van der Waals surface area contributed by atoms with Crippen LogP contribution in [0.2, 0.25) is 5.02 Å². The van der Waals surface area contributed by atoms with E-state index in [0.29, 0.717) is 40.8 Å².